The lowest BCUT2D eigenvalue weighted by Crippen LogP contribution is -2.32. The topological polar surface area (TPSA) is 66.5 Å². The van der Waals surface area contributed by atoms with Crippen molar-refractivity contribution in [3.05, 3.63) is 70.2 Å². The highest BCUT2D eigenvalue weighted by Crippen LogP contribution is 2.22. The van der Waals surface area contributed by atoms with E-state index in [1.807, 2.05) is 19.1 Å². The van der Waals surface area contributed by atoms with Crippen LogP contribution in [0.5, 0.6) is 0 Å². The van der Waals surface area contributed by atoms with E-state index in [0.717, 1.165) is 5.56 Å². The van der Waals surface area contributed by atoms with E-state index in [1.54, 1.807) is 36.4 Å². The van der Waals surface area contributed by atoms with E-state index >= 15 is 0 Å². The van der Waals surface area contributed by atoms with E-state index in [9.17, 15) is 14.4 Å². The molecule has 6 heteroatoms. The largest absolute Gasteiger partial charge is 0.350 e. The van der Waals surface area contributed by atoms with Crippen molar-refractivity contribution >= 4 is 29.3 Å². The van der Waals surface area contributed by atoms with Gasteiger partial charge in [0.1, 0.15) is 0 Å². The van der Waals surface area contributed by atoms with Crippen molar-refractivity contribution in [2.75, 3.05) is 6.54 Å². The number of halogens is 1. The predicted octanol–water partition coefficient (Wildman–Crippen LogP) is 3.59. The lowest BCUT2D eigenvalue weighted by Gasteiger charge is -2.16. The molecule has 3 amide bonds. The van der Waals surface area contributed by atoms with Crippen LogP contribution in [0, 0.1) is 0 Å². The third kappa shape index (κ3) is 3.78. The summed E-state index contributed by atoms with van der Waals surface area (Å²) in [6, 6.07) is 13.9. The van der Waals surface area contributed by atoms with Gasteiger partial charge in [-0.15, -0.1) is 0 Å². The van der Waals surface area contributed by atoms with Crippen LogP contribution in [-0.2, 0) is 4.79 Å². The number of carbonyl (C=O) groups excluding carboxylic acids is 3. The van der Waals surface area contributed by atoms with Crippen molar-refractivity contribution < 1.29 is 14.4 Å². The van der Waals surface area contributed by atoms with Crippen LogP contribution >= 0.6 is 11.6 Å². The van der Waals surface area contributed by atoms with Gasteiger partial charge in [0.15, 0.2) is 0 Å². The molecule has 1 aliphatic rings. The number of carbonyl (C=O) groups is 3. The van der Waals surface area contributed by atoms with Crippen LogP contribution in [0.2, 0.25) is 5.02 Å². The average molecular weight is 371 g/mol. The summed E-state index contributed by atoms with van der Waals surface area (Å²) in [7, 11) is 0. The summed E-state index contributed by atoms with van der Waals surface area (Å²) in [6.45, 7) is 2.13. The Morgan fingerprint density at radius 3 is 2.19 bits per heavy atom. The van der Waals surface area contributed by atoms with Crippen LogP contribution in [0.1, 0.15) is 52.1 Å². The van der Waals surface area contributed by atoms with Crippen LogP contribution in [0.3, 0.4) is 0 Å². The summed E-state index contributed by atoms with van der Waals surface area (Å²) >= 11 is 5.86. The smallest absolute Gasteiger partial charge is 0.261 e. The van der Waals surface area contributed by atoms with Crippen molar-refractivity contribution in [2.45, 2.75) is 25.8 Å². The van der Waals surface area contributed by atoms with Gasteiger partial charge >= 0.3 is 0 Å². The first-order valence-electron chi connectivity index (χ1n) is 8.47. The lowest BCUT2D eigenvalue weighted by molar-refractivity contribution is -0.121. The molecule has 0 aromatic heterocycles. The first kappa shape index (κ1) is 18.1. The predicted molar refractivity (Wildman–Crippen MR) is 99.1 cm³/mol. The van der Waals surface area contributed by atoms with Gasteiger partial charge < -0.3 is 5.32 Å². The van der Waals surface area contributed by atoms with Gasteiger partial charge in [-0.2, -0.15) is 0 Å². The van der Waals surface area contributed by atoms with E-state index in [2.05, 4.69) is 5.32 Å². The SMILES string of the molecule is CC(NC(=O)CCCN1C(=O)c2ccccc2C1=O)c1ccc(Cl)cc1. The fourth-order valence-corrected chi connectivity index (χ4v) is 3.11. The maximum atomic E-state index is 12.3. The Morgan fingerprint density at radius 2 is 1.62 bits per heavy atom. The van der Waals surface area contributed by atoms with Gasteiger partial charge in [-0.1, -0.05) is 35.9 Å². The highest BCUT2D eigenvalue weighted by Gasteiger charge is 2.34. The van der Waals surface area contributed by atoms with E-state index in [4.69, 9.17) is 11.6 Å². The number of rotatable bonds is 6. The summed E-state index contributed by atoms with van der Waals surface area (Å²) in [5.74, 6) is -0.704. The van der Waals surface area contributed by atoms with E-state index < -0.39 is 0 Å². The summed E-state index contributed by atoms with van der Waals surface area (Å²) in [4.78, 5) is 37.9. The summed E-state index contributed by atoms with van der Waals surface area (Å²) < 4.78 is 0. The molecule has 1 heterocycles. The number of nitrogens with one attached hydrogen (secondary N) is 1. The number of hydrogen-bond donors (Lipinski definition) is 1. The van der Waals surface area contributed by atoms with Gasteiger partial charge in [-0.3, -0.25) is 19.3 Å². The van der Waals surface area contributed by atoms with Crippen molar-refractivity contribution in [2.24, 2.45) is 0 Å². The van der Waals surface area contributed by atoms with Crippen molar-refractivity contribution in [3.63, 3.8) is 0 Å². The van der Waals surface area contributed by atoms with Gasteiger partial charge in [0.25, 0.3) is 11.8 Å². The fraction of sp³-hybridized carbons (Fsp3) is 0.250. The Labute approximate surface area is 156 Å². The molecule has 2 aromatic carbocycles. The quantitative estimate of drug-likeness (QED) is 0.790. The summed E-state index contributed by atoms with van der Waals surface area (Å²) in [5.41, 5.74) is 1.82. The Kier molecular flexibility index (Phi) is 5.38. The molecule has 3 rings (SSSR count). The van der Waals surface area contributed by atoms with Crippen LogP contribution < -0.4 is 5.32 Å². The molecule has 1 atom stereocenters. The number of fused-ring (bicyclic) bond motifs is 1. The maximum Gasteiger partial charge on any atom is 0.261 e. The highest BCUT2D eigenvalue weighted by atomic mass is 35.5. The minimum Gasteiger partial charge on any atom is -0.350 e. The summed E-state index contributed by atoms with van der Waals surface area (Å²) in [5, 5.41) is 3.56. The molecule has 0 saturated carbocycles. The number of hydrogen-bond acceptors (Lipinski definition) is 3. The molecular weight excluding hydrogens is 352 g/mol. The Bertz CT molecular complexity index is 813. The molecule has 1 aliphatic heterocycles. The first-order valence-corrected chi connectivity index (χ1v) is 8.85. The second-order valence-corrected chi connectivity index (χ2v) is 6.69. The maximum absolute atomic E-state index is 12.3. The van der Waals surface area contributed by atoms with Crippen molar-refractivity contribution in [1.29, 1.82) is 0 Å². The van der Waals surface area contributed by atoms with Gasteiger partial charge in [0.05, 0.1) is 17.2 Å². The second-order valence-electron chi connectivity index (χ2n) is 6.25. The Balaban J connectivity index is 1.49. The summed E-state index contributed by atoms with van der Waals surface area (Å²) in [6.07, 6.45) is 0.663. The third-order valence-corrected chi connectivity index (χ3v) is 4.66. The number of nitrogens with zero attached hydrogens (tertiary/aromatic N) is 1. The molecule has 1 unspecified atom stereocenters. The van der Waals surface area contributed by atoms with Crippen LogP contribution in [-0.4, -0.2) is 29.2 Å². The van der Waals surface area contributed by atoms with Gasteiger partial charge in [0.2, 0.25) is 5.91 Å². The molecule has 2 aromatic rings. The van der Waals surface area contributed by atoms with Crippen LogP contribution in [0.15, 0.2) is 48.5 Å². The molecule has 0 aliphatic carbocycles. The zero-order chi connectivity index (χ0) is 18.7. The first-order chi connectivity index (χ1) is 12.5. The minimum atomic E-state index is -0.291. The minimum absolute atomic E-state index is 0.121. The van der Waals surface area contributed by atoms with Gasteiger partial charge in [-0.05, 0) is 43.2 Å². The Morgan fingerprint density at radius 1 is 1.04 bits per heavy atom. The standard InChI is InChI=1S/C20H19ClN2O3/c1-13(14-8-10-15(21)11-9-14)22-18(24)7-4-12-23-19(25)16-5-2-3-6-17(16)20(23)26/h2-3,5-6,8-11,13H,4,7,12H2,1H3,(H,22,24). The van der Waals surface area contributed by atoms with Crippen LogP contribution in [0.4, 0.5) is 0 Å². The van der Waals surface area contributed by atoms with E-state index in [1.165, 1.54) is 4.90 Å². The number of benzene rings is 2. The van der Waals surface area contributed by atoms with Crippen molar-refractivity contribution in [1.82, 2.24) is 10.2 Å². The molecular formula is C20H19ClN2O3. The van der Waals surface area contributed by atoms with E-state index in [0.29, 0.717) is 22.6 Å². The van der Waals surface area contributed by atoms with Crippen molar-refractivity contribution in [3.8, 4) is 0 Å². The zero-order valence-corrected chi connectivity index (χ0v) is 15.1. The zero-order valence-electron chi connectivity index (χ0n) is 14.4. The molecule has 0 spiro atoms. The molecule has 26 heavy (non-hydrogen) atoms. The number of imide groups is 1. The molecule has 134 valence electrons. The molecule has 0 radical (unpaired) electrons. The lowest BCUT2D eigenvalue weighted by atomic mass is 10.1. The monoisotopic (exact) mass is 370 g/mol. The molecule has 5 nitrogen and oxygen atoms in total. The van der Waals surface area contributed by atoms with Gasteiger partial charge in [-0.25, -0.2) is 0 Å². The molecule has 0 fully saturated rings. The Hall–Kier alpha value is -2.66. The molecule has 1 N–H and O–H groups in total. The van der Waals surface area contributed by atoms with E-state index in [-0.39, 0.29) is 36.7 Å². The normalized spacial score (nSPS) is 14.3. The second kappa shape index (κ2) is 7.70. The average Bonchev–Trinajstić information content (AvgIpc) is 2.87. The van der Waals surface area contributed by atoms with Crippen LogP contribution in [0.25, 0.3) is 0 Å². The fourth-order valence-electron chi connectivity index (χ4n) is 2.99. The number of amides is 3. The molecule has 0 bridgehead atoms. The highest BCUT2D eigenvalue weighted by molar-refractivity contribution is 6.30. The molecule has 0 saturated heterocycles. The van der Waals surface area contributed by atoms with Gasteiger partial charge in [0, 0.05) is 18.0 Å². The third-order valence-electron chi connectivity index (χ3n) is 4.41.